The zero-order chi connectivity index (χ0) is 7.07. The number of nitrogens with one attached hydrogen (secondary N) is 1. The topological polar surface area (TPSA) is 32.3 Å². The summed E-state index contributed by atoms with van der Waals surface area (Å²) >= 11 is 0. The van der Waals surface area contributed by atoms with Gasteiger partial charge in [-0.25, -0.2) is 5.01 Å². The Morgan fingerprint density at radius 3 is 2.20 bits per heavy atom. The third kappa shape index (κ3) is 1.70. The summed E-state index contributed by atoms with van der Waals surface area (Å²) in [4.78, 5) is 11.0. The summed E-state index contributed by atoms with van der Waals surface area (Å²) in [5.41, 5.74) is 2.50. The van der Waals surface area contributed by atoms with Crippen molar-refractivity contribution in [2.24, 2.45) is 5.41 Å². The Hall–Kier alpha value is -0.0900. The number of carbonyl (C=O) groups is 1. The highest BCUT2D eigenvalue weighted by Crippen LogP contribution is 2.20. The molecule has 0 atom stereocenters. The SMILES string of the molecule is Br.CN1CC(C)(C)C(=O)N1. The molecule has 1 amide bonds. The van der Waals surface area contributed by atoms with Gasteiger partial charge < -0.3 is 0 Å². The summed E-state index contributed by atoms with van der Waals surface area (Å²) < 4.78 is 0. The van der Waals surface area contributed by atoms with Crippen molar-refractivity contribution in [1.29, 1.82) is 0 Å². The van der Waals surface area contributed by atoms with E-state index < -0.39 is 0 Å². The minimum Gasteiger partial charge on any atom is -0.289 e. The van der Waals surface area contributed by atoms with Crippen LogP contribution in [0.25, 0.3) is 0 Å². The van der Waals surface area contributed by atoms with Crippen molar-refractivity contribution >= 4 is 22.9 Å². The fourth-order valence-electron chi connectivity index (χ4n) is 1.03. The van der Waals surface area contributed by atoms with Crippen LogP contribution in [0.3, 0.4) is 0 Å². The minimum atomic E-state index is -0.200. The molecule has 0 aromatic carbocycles. The highest BCUT2D eigenvalue weighted by molar-refractivity contribution is 8.93. The van der Waals surface area contributed by atoms with Gasteiger partial charge in [0.1, 0.15) is 0 Å². The zero-order valence-corrected chi connectivity index (χ0v) is 8.18. The Morgan fingerprint density at radius 2 is 2.10 bits per heavy atom. The van der Waals surface area contributed by atoms with Gasteiger partial charge in [0.25, 0.3) is 0 Å². The Kier molecular flexibility index (Phi) is 2.86. The van der Waals surface area contributed by atoms with E-state index in [9.17, 15) is 4.79 Å². The van der Waals surface area contributed by atoms with E-state index in [-0.39, 0.29) is 28.3 Å². The molecule has 1 saturated heterocycles. The normalized spacial score (nSPS) is 23.7. The number of nitrogens with zero attached hydrogens (tertiary/aromatic N) is 1. The van der Waals surface area contributed by atoms with Gasteiger partial charge >= 0.3 is 0 Å². The van der Waals surface area contributed by atoms with E-state index in [1.165, 1.54) is 0 Å². The summed E-state index contributed by atoms with van der Waals surface area (Å²) in [5, 5.41) is 1.81. The van der Waals surface area contributed by atoms with Gasteiger partial charge in [0.05, 0.1) is 5.41 Å². The van der Waals surface area contributed by atoms with E-state index >= 15 is 0 Å². The lowest BCUT2D eigenvalue weighted by molar-refractivity contribution is -0.126. The van der Waals surface area contributed by atoms with E-state index in [0.717, 1.165) is 6.54 Å². The van der Waals surface area contributed by atoms with Crippen LogP contribution in [0.5, 0.6) is 0 Å². The summed E-state index contributed by atoms with van der Waals surface area (Å²) in [6.45, 7) is 4.67. The van der Waals surface area contributed by atoms with Crippen molar-refractivity contribution in [3.63, 3.8) is 0 Å². The van der Waals surface area contributed by atoms with Gasteiger partial charge in [-0.1, -0.05) is 0 Å². The number of hydrazine groups is 1. The van der Waals surface area contributed by atoms with Crippen LogP contribution in [0, 0.1) is 5.41 Å². The van der Waals surface area contributed by atoms with Gasteiger partial charge in [-0.15, -0.1) is 17.0 Å². The Bertz CT molecular complexity index is 147. The van der Waals surface area contributed by atoms with Gasteiger partial charge in [0, 0.05) is 13.6 Å². The second-order valence-electron chi connectivity index (χ2n) is 3.18. The number of hydrogen-bond donors (Lipinski definition) is 1. The Labute approximate surface area is 71.5 Å². The molecule has 0 aromatic heterocycles. The first-order valence-electron chi connectivity index (χ1n) is 3.04. The van der Waals surface area contributed by atoms with Crippen LogP contribution >= 0.6 is 17.0 Å². The minimum absolute atomic E-state index is 0. The molecule has 0 bridgehead atoms. The molecule has 0 spiro atoms. The number of rotatable bonds is 0. The van der Waals surface area contributed by atoms with Crippen LogP contribution in [0.4, 0.5) is 0 Å². The van der Waals surface area contributed by atoms with Gasteiger partial charge in [-0.05, 0) is 13.8 Å². The first-order valence-corrected chi connectivity index (χ1v) is 3.04. The zero-order valence-electron chi connectivity index (χ0n) is 6.47. The van der Waals surface area contributed by atoms with Crippen LogP contribution in [0.15, 0.2) is 0 Å². The van der Waals surface area contributed by atoms with Crippen molar-refractivity contribution in [2.45, 2.75) is 13.8 Å². The largest absolute Gasteiger partial charge is 0.289 e. The molecule has 1 rings (SSSR count). The standard InChI is InChI=1S/C6H12N2O.BrH/c1-6(2)4-8(3)7-5(6)9;/h4H2,1-3H3,(H,7,9);1H. The lowest BCUT2D eigenvalue weighted by Gasteiger charge is -2.10. The molecule has 60 valence electrons. The fourth-order valence-corrected chi connectivity index (χ4v) is 1.03. The summed E-state index contributed by atoms with van der Waals surface area (Å²) in [5.74, 6) is 0.116. The lowest BCUT2D eigenvalue weighted by Crippen LogP contribution is -2.29. The van der Waals surface area contributed by atoms with Crippen molar-refractivity contribution in [3.05, 3.63) is 0 Å². The predicted octanol–water partition coefficient (Wildman–Crippen LogP) is 0.567. The number of amides is 1. The van der Waals surface area contributed by atoms with Gasteiger partial charge in [-0.2, -0.15) is 0 Å². The number of carbonyl (C=O) groups excluding carboxylic acids is 1. The monoisotopic (exact) mass is 208 g/mol. The highest BCUT2D eigenvalue weighted by Gasteiger charge is 2.35. The van der Waals surface area contributed by atoms with Gasteiger partial charge in [0.2, 0.25) is 5.91 Å². The van der Waals surface area contributed by atoms with Crippen molar-refractivity contribution in [2.75, 3.05) is 13.6 Å². The van der Waals surface area contributed by atoms with Crippen LogP contribution < -0.4 is 5.43 Å². The first kappa shape index (κ1) is 9.91. The molecule has 3 nitrogen and oxygen atoms in total. The summed E-state index contributed by atoms with van der Waals surface area (Å²) in [7, 11) is 1.87. The van der Waals surface area contributed by atoms with Gasteiger partial charge in [0.15, 0.2) is 0 Å². The molecule has 0 saturated carbocycles. The summed E-state index contributed by atoms with van der Waals surface area (Å²) in [6.07, 6.45) is 0. The second kappa shape index (κ2) is 2.88. The number of hydrogen-bond acceptors (Lipinski definition) is 2. The quantitative estimate of drug-likeness (QED) is 0.632. The molecular weight excluding hydrogens is 196 g/mol. The maximum atomic E-state index is 11.0. The molecule has 0 radical (unpaired) electrons. The fraction of sp³-hybridized carbons (Fsp3) is 0.833. The van der Waals surface area contributed by atoms with Crippen LogP contribution in [-0.4, -0.2) is 24.5 Å². The second-order valence-corrected chi connectivity index (χ2v) is 3.18. The van der Waals surface area contributed by atoms with E-state index in [0.29, 0.717) is 0 Å². The maximum Gasteiger partial charge on any atom is 0.241 e. The van der Waals surface area contributed by atoms with Crippen LogP contribution in [0.2, 0.25) is 0 Å². The Morgan fingerprint density at radius 1 is 1.60 bits per heavy atom. The lowest BCUT2D eigenvalue weighted by atomic mass is 9.94. The molecule has 0 aliphatic carbocycles. The van der Waals surface area contributed by atoms with E-state index in [1.54, 1.807) is 0 Å². The smallest absolute Gasteiger partial charge is 0.241 e. The molecule has 0 aromatic rings. The Balaban J connectivity index is 0.000000810. The molecule has 1 aliphatic rings. The van der Waals surface area contributed by atoms with Crippen molar-refractivity contribution in [1.82, 2.24) is 10.4 Å². The predicted molar refractivity (Wildman–Crippen MR) is 44.9 cm³/mol. The molecule has 1 heterocycles. The maximum absolute atomic E-state index is 11.0. The van der Waals surface area contributed by atoms with Crippen molar-refractivity contribution < 1.29 is 4.79 Å². The van der Waals surface area contributed by atoms with E-state index in [4.69, 9.17) is 0 Å². The third-order valence-corrected chi connectivity index (χ3v) is 1.54. The van der Waals surface area contributed by atoms with Crippen LogP contribution in [0.1, 0.15) is 13.8 Å². The molecule has 10 heavy (non-hydrogen) atoms. The first-order chi connectivity index (χ1) is 4.02. The molecule has 4 heteroatoms. The average molecular weight is 209 g/mol. The van der Waals surface area contributed by atoms with E-state index in [2.05, 4.69) is 5.43 Å². The molecular formula is C6H13BrN2O. The summed E-state index contributed by atoms with van der Waals surface area (Å²) in [6, 6.07) is 0. The average Bonchev–Trinajstić information content (AvgIpc) is 1.79. The molecule has 1 aliphatic heterocycles. The van der Waals surface area contributed by atoms with Gasteiger partial charge in [-0.3, -0.25) is 10.2 Å². The number of halogens is 1. The van der Waals surface area contributed by atoms with Crippen LogP contribution in [-0.2, 0) is 4.79 Å². The van der Waals surface area contributed by atoms with Crippen molar-refractivity contribution in [3.8, 4) is 0 Å². The molecule has 1 fully saturated rings. The van der Waals surface area contributed by atoms with E-state index in [1.807, 2.05) is 25.9 Å². The molecule has 0 unspecified atom stereocenters. The molecule has 1 N–H and O–H groups in total. The highest BCUT2D eigenvalue weighted by atomic mass is 79.9. The third-order valence-electron chi connectivity index (χ3n) is 1.54.